The average molecular weight is 524 g/mol. The Kier molecular flexibility index (Phi) is 7.68. The number of methoxy groups -OCH3 is 1. The van der Waals surface area contributed by atoms with Crippen molar-refractivity contribution in [1.82, 2.24) is 14.4 Å². The summed E-state index contributed by atoms with van der Waals surface area (Å²) in [6, 6.07) is 28.1. The fraction of sp³-hybridized carbons (Fsp3) is 0.250. The van der Waals surface area contributed by atoms with Crippen molar-refractivity contribution in [2.75, 3.05) is 20.2 Å². The molecule has 200 valence electrons. The van der Waals surface area contributed by atoms with Crippen LogP contribution < -0.4 is 9.47 Å². The molecule has 1 atom stereocenters. The van der Waals surface area contributed by atoms with E-state index in [4.69, 9.17) is 9.47 Å². The van der Waals surface area contributed by atoms with Crippen LogP contribution in [0.4, 0.5) is 0 Å². The molecule has 4 aromatic rings. The van der Waals surface area contributed by atoms with E-state index >= 15 is 0 Å². The highest BCUT2D eigenvalue weighted by Crippen LogP contribution is 2.35. The highest BCUT2D eigenvalue weighted by molar-refractivity contribution is 5.97. The van der Waals surface area contributed by atoms with E-state index in [2.05, 4.69) is 10.6 Å². The largest absolute Gasteiger partial charge is 0.497 e. The zero-order valence-electron chi connectivity index (χ0n) is 22.5. The number of rotatable bonds is 8. The number of ether oxygens (including phenoxy) is 2. The van der Waals surface area contributed by atoms with Gasteiger partial charge in [-0.3, -0.25) is 9.59 Å². The van der Waals surface area contributed by atoms with E-state index in [-0.39, 0.29) is 30.4 Å². The lowest BCUT2D eigenvalue weighted by molar-refractivity contribution is -0.135. The molecule has 1 aliphatic heterocycles. The molecule has 0 spiro atoms. The van der Waals surface area contributed by atoms with Crippen LogP contribution in [-0.2, 0) is 11.3 Å². The molecule has 0 saturated carbocycles. The van der Waals surface area contributed by atoms with Gasteiger partial charge >= 0.3 is 0 Å². The standard InChI is InChI=1S/C32H33N3O4/c1-23(2)35(32(37)25-11-8-14-27(21-25)38-3)22-30(36)34-19-18-33-17-9-16-29(33)31(34)24-10-7-15-28(20-24)39-26-12-5-4-6-13-26/h4-17,20-21,23,31H,18-19,22H2,1-3H3/t31-/m0/s1. The number of fused-ring (bicyclic) bond motifs is 1. The smallest absolute Gasteiger partial charge is 0.254 e. The minimum atomic E-state index is -0.304. The third-order valence-electron chi connectivity index (χ3n) is 7.02. The molecule has 2 amide bonds. The van der Waals surface area contributed by atoms with Gasteiger partial charge in [-0.25, -0.2) is 0 Å². The van der Waals surface area contributed by atoms with Crippen molar-refractivity contribution < 1.29 is 19.1 Å². The zero-order valence-corrected chi connectivity index (χ0v) is 22.5. The molecule has 0 unspecified atom stereocenters. The number of carbonyl (C=O) groups excluding carboxylic acids is 2. The third kappa shape index (κ3) is 5.67. The number of hydrogen-bond acceptors (Lipinski definition) is 4. The van der Waals surface area contributed by atoms with Crippen molar-refractivity contribution in [3.05, 3.63) is 114 Å². The minimum Gasteiger partial charge on any atom is -0.497 e. The highest BCUT2D eigenvalue weighted by atomic mass is 16.5. The maximum absolute atomic E-state index is 13.9. The summed E-state index contributed by atoms with van der Waals surface area (Å²) in [4.78, 5) is 30.9. The lowest BCUT2D eigenvalue weighted by Crippen LogP contribution is -2.49. The summed E-state index contributed by atoms with van der Waals surface area (Å²) in [6.07, 6.45) is 2.04. The van der Waals surface area contributed by atoms with Gasteiger partial charge in [-0.1, -0.05) is 36.4 Å². The molecule has 39 heavy (non-hydrogen) atoms. The summed E-state index contributed by atoms with van der Waals surface area (Å²) in [6.45, 7) is 5.05. The van der Waals surface area contributed by atoms with Gasteiger partial charge in [0.2, 0.25) is 5.91 Å². The van der Waals surface area contributed by atoms with Crippen LogP contribution in [0.1, 0.15) is 41.5 Å². The minimum absolute atomic E-state index is 0.0227. The Balaban J connectivity index is 1.43. The van der Waals surface area contributed by atoms with Crippen LogP contribution in [0.3, 0.4) is 0 Å². The molecule has 2 heterocycles. The van der Waals surface area contributed by atoms with Crippen molar-refractivity contribution in [2.24, 2.45) is 0 Å². The topological polar surface area (TPSA) is 64.0 Å². The Labute approximate surface area is 229 Å². The first kappa shape index (κ1) is 26.1. The molecule has 7 nitrogen and oxygen atoms in total. The predicted octanol–water partition coefficient (Wildman–Crippen LogP) is 5.77. The summed E-state index contributed by atoms with van der Waals surface area (Å²) >= 11 is 0. The molecule has 5 rings (SSSR count). The number of aromatic nitrogens is 1. The van der Waals surface area contributed by atoms with Crippen molar-refractivity contribution in [1.29, 1.82) is 0 Å². The van der Waals surface area contributed by atoms with Crippen LogP contribution in [0.25, 0.3) is 0 Å². The number of benzene rings is 3. The second-order valence-electron chi connectivity index (χ2n) is 9.86. The van der Waals surface area contributed by atoms with Gasteiger partial charge in [0, 0.05) is 36.6 Å². The molecule has 0 aliphatic carbocycles. The second-order valence-corrected chi connectivity index (χ2v) is 9.86. The molecule has 1 aliphatic rings. The Morgan fingerprint density at radius 1 is 0.872 bits per heavy atom. The maximum atomic E-state index is 13.9. The molecule has 7 heteroatoms. The predicted molar refractivity (Wildman–Crippen MR) is 150 cm³/mol. The van der Waals surface area contributed by atoms with E-state index in [9.17, 15) is 9.59 Å². The van der Waals surface area contributed by atoms with E-state index in [0.29, 0.717) is 30.2 Å². The first-order valence-electron chi connectivity index (χ1n) is 13.2. The van der Waals surface area contributed by atoms with Gasteiger partial charge in [0.15, 0.2) is 0 Å². The summed E-state index contributed by atoms with van der Waals surface area (Å²) in [7, 11) is 1.57. The summed E-state index contributed by atoms with van der Waals surface area (Å²) in [5.74, 6) is 1.74. The van der Waals surface area contributed by atoms with E-state index in [1.807, 2.05) is 85.6 Å². The summed E-state index contributed by atoms with van der Waals surface area (Å²) in [5, 5.41) is 0. The van der Waals surface area contributed by atoms with Gasteiger partial charge in [-0.05, 0) is 74.0 Å². The van der Waals surface area contributed by atoms with Crippen LogP contribution in [0.15, 0.2) is 97.2 Å². The van der Waals surface area contributed by atoms with Crippen LogP contribution in [0.5, 0.6) is 17.2 Å². The van der Waals surface area contributed by atoms with Gasteiger partial charge < -0.3 is 23.8 Å². The average Bonchev–Trinajstić information content (AvgIpc) is 3.44. The lowest BCUT2D eigenvalue weighted by atomic mass is 9.99. The first-order valence-corrected chi connectivity index (χ1v) is 13.2. The van der Waals surface area contributed by atoms with Gasteiger partial charge in [0.05, 0.1) is 13.2 Å². The molecule has 0 radical (unpaired) electrons. The van der Waals surface area contributed by atoms with Crippen molar-refractivity contribution in [3.8, 4) is 17.2 Å². The van der Waals surface area contributed by atoms with Crippen LogP contribution >= 0.6 is 0 Å². The number of amides is 2. The molecule has 0 bridgehead atoms. The quantitative estimate of drug-likeness (QED) is 0.294. The summed E-state index contributed by atoms with van der Waals surface area (Å²) < 4.78 is 13.6. The van der Waals surface area contributed by atoms with Gasteiger partial charge in [0.25, 0.3) is 5.91 Å². The van der Waals surface area contributed by atoms with Crippen molar-refractivity contribution >= 4 is 11.8 Å². The van der Waals surface area contributed by atoms with E-state index in [0.717, 1.165) is 17.0 Å². The first-order chi connectivity index (χ1) is 18.9. The SMILES string of the molecule is COc1cccc(C(=O)N(CC(=O)N2CCn3cccc3[C@@H]2c2cccc(Oc3ccccc3)c2)C(C)C)c1. The molecular formula is C32H33N3O4. The molecule has 0 fully saturated rings. The number of hydrogen-bond donors (Lipinski definition) is 0. The van der Waals surface area contributed by atoms with E-state index in [1.165, 1.54) is 0 Å². The van der Waals surface area contributed by atoms with Crippen LogP contribution in [-0.4, -0.2) is 52.4 Å². The zero-order chi connectivity index (χ0) is 27.4. The van der Waals surface area contributed by atoms with Gasteiger partial charge in [-0.2, -0.15) is 0 Å². The normalized spacial score (nSPS) is 14.6. The fourth-order valence-corrected chi connectivity index (χ4v) is 5.02. The van der Waals surface area contributed by atoms with Gasteiger partial charge in [0.1, 0.15) is 23.8 Å². The lowest BCUT2D eigenvalue weighted by Gasteiger charge is -2.39. The number of para-hydroxylation sites is 1. The van der Waals surface area contributed by atoms with E-state index < -0.39 is 0 Å². The number of carbonyl (C=O) groups is 2. The molecule has 3 aromatic carbocycles. The number of nitrogens with zero attached hydrogens (tertiary/aromatic N) is 3. The molecule has 1 aromatic heterocycles. The van der Waals surface area contributed by atoms with Crippen LogP contribution in [0, 0.1) is 0 Å². The van der Waals surface area contributed by atoms with Gasteiger partial charge in [-0.15, -0.1) is 0 Å². The van der Waals surface area contributed by atoms with Crippen molar-refractivity contribution in [2.45, 2.75) is 32.5 Å². The van der Waals surface area contributed by atoms with Crippen LogP contribution in [0.2, 0.25) is 0 Å². The molecule has 0 N–H and O–H groups in total. The van der Waals surface area contributed by atoms with Crippen molar-refractivity contribution in [3.63, 3.8) is 0 Å². The Morgan fingerprint density at radius 3 is 2.38 bits per heavy atom. The Morgan fingerprint density at radius 2 is 1.62 bits per heavy atom. The second kappa shape index (κ2) is 11.5. The monoisotopic (exact) mass is 523 g/mol. The fourth-order valence-electron chi connectivity index (χ4n) is 5.02. The Bertz CT molecular complexity index is 1450. The van der Waals surface area contributed by atoms with E-state index in [1.54, 1.807) is 36.3 Å². The Hall–Kier alpha value is -4.52. The summed E-state index contributed by atoms with van der Waals surface area (Å²) in [5.41, 5.74) is 2.47. The molecule has 0 saturated heterocycles. The third-order valence-corrected chi connectivity index (χ3v) is 7.02. The maximum Gasteiger partial charge on any atom is 0.254 e. The highest BCUT2D eigenvalue weighted by Gasteiger charge is 2.34. The molecular weight excluding hydrogens is 490 g/mol.